The Morgan fingerprint density at radius 2 is 1.76 bits per heavy atom. The molecule has 1 fully saturated rings. The first-order valence-electron chi connectivity index (χ1n) is 13.0. The second kappa shape index (κ2) is 10.4. The van der Waals surface area contributed by atoms with E-state index in [1.165, 1.54) is 0 Å². The molecule has 2 aromatic heterocycles. The van der Waals surface area contributed by atoms with E-state index < -0.39 is 0 Å². The number of ether oxygens (including phenoxy) is 3. The molecule has 0 radical (unpaired) electrons. The van der Waals surface area contributed by atoms with Crippen LogP contribution in [0.25, 0.3) is 5.69 Å². The molecule has 2 aliphatic rings. The zero-order chi connectivity index (χ0) is 26.1. The van der Waals surface area contributed by atoms with Crippen LogP contribution in [-0.4, -0.2) is 64.2 Å². The fraction of sp³-hybridized carbons (Fsp3) is 0.345. The summed E-state index contributed by atoms with van der Waals surface area (Å²) in [5.41, 5.74) is 4.93. The van der Waals surface area contributed by atoms with E-state index >= 15 is 0 Å². The molecule has 2 aromatic carbocycles. The number of methoxy groups -OCH3 is 1. The van der Waals surface area contributed by atoms with Crippen LogP contribution >= 0.6 is 0 Å². The third kappa shape index (κ3) is 4.48. The van der Waals surface area contributed by atoms with Crippen LogP contribution in [0.3, 0.4) is 0 Å². The average Bonchev–Trinajstić information content (AvgIpc) is 3.30. The summed E-state index contributed by atoms with van der Waals surface area (Å²) < 4.78 is 21.1. The highest BCUT2D eigenvalue weighted by Gasteiger charge is 2.37. The molecule has 0 amide bonds. The lowest BCUT2D eigenvalue weighted by molar-refractivity contribution is 0.0369. The van der Waals surface area contributed by atoms with Crippen molar-refractivity contribution in [2.75, 3.05) is 40.0 Å². The highest BCUT2D eigenvalue weighted by Crippen LogP contribution is 2.47. The van der Waals surface area contributed by atoms with Gasteiger partial charge in [0, 0.05) is 26.2 Å². The van der Waals surface area contributed by atoms with E-state index in [0.717, 1.165) is 73.1 Å². The smallest absolute Gasteiger partial charge is 0.230 e. The summed E-state index contributed by atoms with van der Waals surface area (Å²) in [5, 5.41) is 14.1. The number of hydrogen-bond donors (Lipinski definition) is 1. The lowest BCUT2D eigenvalue weighted by Crippen LogP contribution is -2.37. The Morgan fingerprint density at radius 3 is 2.50 bits per heavy atom. The summed E-state index contributed by atoms with van der Waals surface area (Å²) in [7, 11) is 1.66. The number of benzene rings is 2. The number of rotatable bonds is 7. The minimum absolute atomic E-state index is 0.246. The van der Waals surface area contributed by atoms with Crippen LogP contribution in [0.4, 0.5) is 0 Å². The molecule has 1 N–H and O–H groups in total. The molecule has 196 valence electrons. The standard InChI is InChI=1S/C29H32N6O3/c1-20-24-25(21-9-11-23(36-2)12-10-21)26-27(30)34(14-6-13-33-15-17-37-18-16-33)19-31-28(26)38-29(24)35(32-20)22-7-4-3-5-8-22/h3-5,7-12,19,25,30H,6,13-18H2,1-2H3. The van der Waals surface area contributed by atoms with E-state index in [1.807, 2.05) is 58.6 Å². The SMILES string of the molecule is COc1ccc(C2c3c(C)nn(-c4ccccc4)c3Oc3ncn(CCCN4CCOCC4)c(=N)c32)cc1. The van der Waals surface area contributed by atoms with Crippen molar-refractivity contribution in [3.63, 3.8) is 0 Å². The Labute approximate surface area is 221 Å². The van der Waals surface area contributed by atoms with Crippen molar-refractivity contribution in [2.45, 2.75) is 25.8 Å². The number of nitrogens with one attached hydrogen (secondary N) is 1. The van der Waals surface area contributed by atoms with Crippen molar-refractivity contribution in [3.05, 3.63) is 88.8 Å². The van der Waals surface area contributed by atoms with Crippen LogP contribution in [0, 0.1) is 12.3 Å². The highest BCUT2D eigenvalue weighted by molar-refractivity contribution is 5.57. The van der Waals surface area contributed by atoms with Crippen LogP contribution in [0.1, 0.15) is 34.7 Å². The van der Waals surface area contributed by atoms with Gasteiger partial charge in [0.1, 0.15) is 17.6 Å². The molecule has 4 aromatic rings. The van der Waals surface area contributed by atoms with Gasteiger partial charge in [-0.15, -0.1) is 0 Å². The first-order chi connectivity index (χ1) is 18.6. The van der Waals surface area contributed by atoms with Gasteiger partial charge in [-0.2, -0.15) is 5.10 Å². The summed E-state index contributed by atoms with van der Waals surface area (Å²) in [5.74, 6) is 1.63. The van der Waals surface area contributed by atoms with Crippen LogP contribution in [0.2, 0.25) is 0 Å². The number of aromatic nitrogens is 4. The lowest BCUT2D eigenvalue weighted by atomic mass is 9.84. The average molecular weight is 513 g/mol. The van der Waals surface area contributed by atoms with Gasteiger partial charge < -0.3 is 18.8 Å². The first-order valence-corrected chi connectivity index (χ1v) is 13.0. The largest absolute Gasteiger partial charge is 0.497 e. The molecule has 2 aliphatic heterocycles. The molecular weight excluding hydrogens is 480 g/mol. The zero-order valence-corrected chi connectivity index (χ0v) is 21.8. The normalized spacial score (nSPS) is 16.9. The van der Waals surface area contributed by atoms with Gasteiger partial charge in [-0.3, -0.25) is 10.3 Å². The first kappa shape index (κ1) is 24.4. The van der Waals surface area contributed by atoms with Gasteiger partial charge in [0.2, 0.25) is 11.8 Å². The van der Waals surface area contributed by atoms with Crippen molar-refractivity contribution in [3.8, 4) is 23.2 Å². The van der Waals surface area contributed by atoms with E-state index in [2.05, 4.69) is 17.0 Å². The summed E-state index contributed by atoms with van der Waals surface area (Å²) in [4.78, 5) is 7.13. The second-order valence-electron chi connectivity index (χ2n) is 9.67. The summed E-state index contributed by atoms with van der Waals surface area (Å²) in [6, 6.07) is 18.0. The lowest BCUT2D eigenvalue weighted by Gasteiger charge is -2.28. The third-order valence-corrected chi connectivity index (χ3v) is 7.35. The summed E-state index contributed by atoms with van der Waals surface area (Å²) in [6.07, 6.45) is 2.66. The fourth-order valence-corrected chi connectivity index (χ4v) is 5.36. The maximum atomic E-state index is 9.25. The highest BCUT2D eigenvalue weighted by atomic mass is 16.5. The molecule has 0 bridgehead atoms. The summed E-state index contributed by atoms with van der Waals surface area (Å²) in [6.45, 7) is 7.18. The molecule has 1 unspecified atom stereocenters. The van der Waals surface area contributed by atoms with Crippen LogP contribution < -0.4 is 15.0 Å². The molecule has 4 heterocycles. The molecular formula is C29H32N6O3. The van der Waals surface area contributed by atoms with Crippen molar-refractivity contribution < 1.29 is 14.2 Å². The van der Waals surface area contributed by atoms with Crippen molar-refractivity contribution in [1.82, 2.24) is 24.2 Å². The Balaban J connectivity index is 1.41. The number of morpholine rings is 1. The molecule has 1 saturated heterocycles. The molecule has 9 nitrogen and oxygen atoms in total. The quantitative estimate of drug-likeness (QED) is 0.356. The van der Waals surface area contributed by atoms with Gasteiger partial charge >= 0.3 is 0 Å². The number of para-hydroxylation sites is 1. The topological polar surface area (TPSA) is 90.4 Å². The number of aryl methyl sites for hydroxylation is 2. The molecule has 6 rings (SSSR count). The molecule has 38 heavy (non-hydrogen) atoms. The molecule has 9 heteroatoms. The van der Waals surface area contributed by atoms with E-state index in [9.17, 15) is 5.41 Å². The van der Waals surface area contributed by atoms with Gasteiger partial charge in [-0.05, 0) is 43.2 Å². The van der Waals surface area contributed by atoms with Gasteiger partial charge in [-0.25, -0.2) is 9.67 Å². The molecule has 0 aliphatic carbocycles. The minimum Gasteiger partial charge on any atom is -0.497 e. The molecule has 0 spiro atoms. The fourth-order valence-electron chi connectivity index (χ4n) is 5.36. The summed E-state index contributed by atoms with van der Waals surface area (Å²) >= 11 is 0. The Hall–Kier alpha value is -3.95. The van der Waals surface area contributed by atoms with Crippen molar-refractivity contribution in [2.24, 2.45) is 0 Å². The van der Waals surface area contributed by atoms with Gasteiger partial charge in [0.05, 0.1) is 48.7 Å². The number of hydrogen-bond acceptors (Lipinski definition) is 7. The maximum Gasteiger partial charge on any atom is 0.230 e. The van der Waals surface area contributed by atoms with Crippen LogP contribution in [-0.2, 0) is 11.3 Å². The molecule has 0 saturated carbocycles. The van der Waals surface area contributed by atoms with E-state index in [-0.39, 0.29) is 5.92 Å². The monoisotopic (exact) mass is 512 g/mol. The van der Waals surface area contributed by atoms with Crippen molar-refractivity contribution >= 4 is 0 Å². The van der Waals surface area contributed by atoms with Gasteiger partial charge in [-0.1, -0.05) is 30.3 Å². The van der Waals surface area contributed by atoms with Crippen molar-refractivity contribution in [1.29, 1.82) is 5.41 Å². The Bertz CT molecular complexity index is 1470. The van der Waals surface area contributed by atoms with Crippen LogP contribution in [0.5, 0.6) is 17.5 Å². The van der Waals surface area contributed by atoms with E-state index in [0.29, 0.717) is 23.8 Å². The number of fused-ring (bicyclic) bond motifs is 2. The predicted octanol–water partition coefficient (Wildman–Crippen LogP) is 3.87. The Morgan fingerprint density at radius 1 is 1.00 bits per heavy atom. The van der Waals surface area contributed by atoms with Gasteiger partial charge in [0.15, 0.2) is 0 Å². The third-order valence-electron chi connectivity index (χ3n) is 7.35. The van der Waals surface area contributed by atoms with E-state index in [4.69, 9.17) is 24.3 Å². The predicted molar refractivity (Wildman–Crippen MR) is 142 cm³/mol. The van der Waals surface area contributed by atoms with E-state index in [1.54, 1.807) is 13.4 Å². The molecule has 1 atom stereocenters. The maximum absolute atomic E-state index is 9.25. The zero-order valence-electron chi connectivity index (χ0n) is 21.8. The van der Waals surface area contributed by atoms with Crippen LogP contribution in [0.15, 0.2) is 60.9 Å². The van der Waals surface area contributed by atoms with Gasteiger partial charge in [0.25, 0.3) is 0 Å². The number of nitrogens with zero attached hydrogens (tertiary/aromatic N) is 5. The second-order valence-corrected chi connectivity index (χ2v) is 9.67. The Kier molecular flexibility index (Phi) is 6.70. The minimum atomic E-state index is -0.246.